The number of aromatic nitrogens is 2. The summed E-state index contributed by atoms with van der Waals surface area (Å²) >= 11 is 1.65. The van der Waals surface area contributed by atoms with E-state index in [4.69, 9.17) is 0 Å². The molecular weight excluding hydrogens is 495 g/mol. The van der Waals surface area contributed by atoms with Crippen LogP contribution in [0.3, 0.4) is 0 Å². The molecule has 2 atom stereocenters. The average Bonchev–Trinajstić information content (AvgIpc) is 3.35. The lowest BCUT2D eigenvalue weighted by Crippen LogP contribution is -2.32. The van der Waals surface area contributed by atoms with Crippen LogP contribution in [0.4, 0.5) is 15.8 Å². The molecule has 3 aromatic carbocycles. The Morgan fingerprint density at radius 3 is 2.68 bits per heavy atom. The normalized spacial score (nSPS) is 15.5. The van der Waals surface area contributed by atoms with Gasteiger partial charge in [0.1, 0.15) is 11.6 Å². The van der Waals surface area contributed by atoms with E-state index in [2.05, 4.69) is 47.0 Å². The van der Waals surface area contributed by atoms with E-state index in [1.54, 1.807) is 30.3 Å². The van der Waals surface area contributed by atoms with Crippen molar-refractivity contribution >= 4 is 29.2 Å². The summed E-state index contributed by atoms with van der Waals surface area (Å²) in [6.07, 6.45) is 7.27. The number of hydrogen-bond acceptors (Lipinski definition) is 4. The molecule has 1 aliphatic rings. The van der Waals surface area contributed by atoms with Crippen molar-refractivity contribution < 1.29 is 9.18 Å². The number of carbonyl (C=O) groups excluding carboxylic acids is 1. The first-order valence-electron chi connectivity index (χ1n) is 13.1. The number of anilines is 2. The van der Waals surface area contributed by atoms with Gasteiger partial charge in [-0.15, -0.1) is 0 Å². The zero-order valence-corrected chi connectivity index (χ0v) is 22.6. The summed E-state index contributed by atoms with van der Waals surface area (Å²) in [5.41, 5.74) is 5.50. The van der Waals surface area contributed by atoms with Crippen molar-refractivity contribution in [3.63, 3.8) is 0 Å². The zero-order chi connectivity index (χ0) is 26.5. The molecule has 1 heterocycles. The van der Waals surface area contributed by atoms with Gasteiger partial charge in [-0.1, -0.05) is 43.3 Å². The van der Waals surface area contributed by atoms with Gasteiger partial charge < -0.3 is 14.2 Å². The Hall–Kier alpha value is -3.58. The van der Waals surface area contributed by atoms with Crippen LogP contribution in [-0.4, -0.2) is 15.5 Å². The molecule has 1 aromatic heterocycles. The third-order valence-corrected chi connectivity index (χ3v) is 8.36. The topological polar surface area (TPSA) is 50.2 Å². The van der Waals surface area contributed by atoms with E-state index in [1.807, 2.05) is 40.9 Å². The first kappa shape index (κ1) is 26.0. The number of rotatable bonds is 9. The quantitative estimate of drug-likeness (QED) is 0.230. The van der Waals surface area contributed by atoms with Gasteiger partial charge in [-0.25, -0.2) is 9.37 Å². The van der Waals surface area contributed by atoms with Crippen molar-refractivity contribution in [2.45, 2.75) is 50.3 Å². The highest BCUT2D eigenvalue weighted by Gasteiger charge is 2.26. The third-order valence-electron chi connectivity index (χ3n) is 7.23. The number of carbonyl (C=O) groups is 1. The molecule has 0 aliphatic heterocycles. The summed E-state index contributed by atoms with van der Waals surface area (Å²) in [6, 6.07) is 23.1. The predicted molar refractivity (Wildman–Crippen MR) is 154 cm³/mol. The van der Waals surface area contributed by atoms with Crippen LogP contribution in [0, 0.1) is 5.82 Å². The highest BCUT2D eigenvalue weighted by atomic mass is 32.2. The number of hydrogen-bond donors (Lipinski definition) is 1. The molecule has 1 aliphatic carbocycles. The second kappa shape index (κ2) is 11.9. The van der Waals surface area contributed by atoms with Gasteiger partial charge in [0.05, 0.1) is 6.54 Å². The lowest BCUT2D eigenvalue weighted by atomic mass is 9.90. The summed E-state index contributed by atoms with van der Waals surface area (Å²) in [5.74, 6) is 0.779. The highest BCUT2D eigenvalue weighted by molar-refractivity contribution is 8.00. The van der Waals surface area contributed by atoms with Gasteiger partial charge in [0, 0.05) is 42.5 Å². The minimum Gasteiger partial charge on any atom is -0.337 e. The molecule has 0 spiro atoms. The SMILES string of the molecule is C[C@@H](CC(=O)N(Cc1nccn1C)c1ccc2c(c1)C(SNc1ccc(F)cc1)CCC2)c1ccccc1. The molecule has 196 valence electrons. The van der Waals surface area contributed by atoms with E-state index in [1.165, 1.54) is 23.3 Å². The smallest absolute Gasteiger partial charge is 0.228 e. The Bertz CT molecular complexity index is 1370. The van der Waals surface area contributed by atoms with Crippen LogP contribution in [0.5, 0.6) is 0 Å². The van der Waals surface area contributed by atoms with Crippen LogP contribution in [0.15, 0.2) is 85.2 Å². The molecule has 0 fully saturated rings. The van der Waals surface area contributed by atoms with E-state index >= 15 is 0 Å². The Morgan fingerprint density at radius 2 is 1.95 bits per heavy atom. The maximum atomic E-state index is 13.8. The van der Waals surface area contributed by atoms with Crippen LogP contribution >= 0.6 is 11.9 Å². The summed E-state index contributed by atoms with van der Waals surface area (Å²) in [5, 5.41) is 0.233. The number of nitrogens with one attached hydrogen (secondary N) is 1. The van der Waals surface area contributed by atoms with Crippen molar-refractivity contribution in [2.75, 3.05) is 9.62 Å². The van der Waals surface area contributed by atoms with Crippen LogP contribution in [0.25, 0.3) is 0 Å². The van der Waals surface area contributed by atoms with Crippen LogP contribution in [-0.2, 0) is 24.8 Å². The monoisotopic (exact) mass is 528 g/mol. The number of benzene rings is 3. The summed E-state index contributed by atoms with van der Waals surface area (Å²) in [7, 11) is 1.96. The number of nitrogens with zero attached hydrogens (tertiary/aromatic N) is 3. The third kappa shape index (κ3) is 6.10. The van der Waals surface area contributed by atoms with Crippen molar-refractivity contribution in [1.82, 2.24) is 9.55 Å². The molecule has 7 heteroatoms. The van der Waals surface area contributed by atoms with E-state index in [0.29, 0.717) is 13.0 Å². The van der Waals surface area contributed by atoms with E-state index in [-0.39, 0.29) is 22.9 Å². The molecule has 0 saturated heterocycles. The lowest BCUT2D eigenvalue weighted by Gasteiger charge is -2.29. The van der Waals surface area contributed by atoms with Gasteiger partial charge in [-0.05, 0) is 90.2 Å². The second-order valence-corrected chi connectivity index (χ2v) is 10.9. The Kier molecular flexibility index (Phi) is 8.13. The molecule has 5 rings (SSSR count). The van der Waals surface area contributed by atoms with Gasteiger partial charge in [-0.2, -0.15) is 0 Å². The molecule has 1 unspecified atom stereocenters. The van der Waals surface area contributed by atoms with Crippen molar-refractivity contribution in [2.24, 2.45) is 7.05 Å². The van der Waals surface area contributed by atoms with Gasteiger partial charge in [0.25, 0.3) is 0 Å². The fourth-order valence-electron chi connectivity index (χ4n) is 4.98. The molecule has 1 amide bonds. The minimum atomic E-state index is -0.243. The molecule has 1 N–H and O–H groups in total. The van der Waals surface area contributed by atoms with Crippen LogP contribution in [0.1, 0.15) is 59.9 Å². The lowest BCUT2D eigenvalue weighted by molar-refractivity contribution is -0.119. The number of imidazole rings is 1. The fourth-order valence-corrected chi connectivity index (χ4v) is 6.02. The molecular formula is C31H33FN4OS. The first-order valence-corrected chi connectivity index (χ1v) is 14.0. The Morgan fingerprint density at radius 1 is 1.16 bits per heavy atom. The van der Waals surface area contributed by atoms with E-state index < -0.39 is 0 Å². The van der Waals surface area contributed by atoms with Crippen LogP contribution < -0.4 is 9.62 Å². The summed E-state index contributed by atoms with van der Waals surface area (Å²) in [6.45, 7) is 2.51. The Labute approximate surface area is 228 Å². The molecule has 0 bridgehead atoms. The highest BCUT2D eigenvalue weighted by Crippen LogP contribution is 2.41. The summed E-state index contributed by atoms with van der Waals surface area (Å²) in [4.78, 5) is 20.2. The van der Waals surface area contributed by atoms with Gasteiger partial charge in [-0.3, -0.25) is 4.79 Å². The van der Waals surface area contributed by atoms with Crippen molar-refractivity contribution in [1.29, 1.82) is 0 Å². The van der Waals surface area contributed by atoms with Gasteiger partial charge in [0.15, 0.2) is 0 Å². The largest absolute Gasteiger partial charge is 0.337 e. The van der Waals surface area contributed by atoms with Gasteiger partial charge >= 0.3 is 0 Å². The number of amides is 1. The van der Waals surface area contributed by atoms with Crippen LogP contribution in [0.2, 0.25) is 0 Å². The molecule has 0 radical (unpaired) electrons. The Balaban J connectivity index is 1.40. The van der Waals surface area contributed by atoms with E-state index in [9.17, 15) is 9.18 Å². The number of fused-ring (bicyclic) bond motifs is 1. The number of halogens is 1. The maximum absolute atomic E-state index is 13.8. The first-order chi connectivity index (χ1) is 18.5. The van der Waals surface area contributed by atoms with Gasteiger partial charge in [0.2, 0.25) is 5.91 Å². The molecule has 5 nitrogen and oxygen atoms in total. The van der Waals surface area contributed by atoms with E-state index in [0.717, 1.165) is 42.0 Å². The zero-order valence-electron chi connectivity index (χ0n) is 21.8. The standard InChI is InChI=1S/C31H33FN4OS/c1-22(23-7-4-3-5-8-23)19-31(37)36(21-30-33-17-18-35(30)2)27-16-11-24-9-6-10-29(28(24)20-27)38-34-26-14-12-25(32)13-15-26/h3-5,7-8,11-18,20,22,29,34H,6,9-10,19,21H2,1-2H3/t22-,29?/m0/s1. The minimum absolute atomic E-state index is 0.0775. The molecule has 38 heavy (non-hydrogen) atoms. The average molecular weight is 529 g/mol. The second-order valence-electron chi connectivity index (χ2n) is 9.94. The maximum Gasteiger partial charge on any atom is 0.228 e. The fraction of sp³-hybridized carbons (Fsp3) is 0.290. The molecule has 4 aromatic rings. The molecule has 0 saturated carbocycles. The van der Waals surface area contributed by atoms with Crippen molar-refractivity contribution in [3.8, 4) is 0 Å². The van der Waals surface area contributed by atoms with Crippen molar-refractivity contribution in [3.05, 3.63) is 114 Å². The summed E-state index contributed by atoms with van der Waals surface area (Å²) < 4.78 is 18.7. The number of aryl methyl sites for hydroxylation is 2. The predicted octanol–water partition coefficient (Wildman–Crippen LogP) is 7.42.